The number of hydrogen-bond donors (Lipinski definition) is 0. The standard InChI is InChI=1S/C13H15BrCl2/c1-13(6-2-3-7-13)12(14)9-4-5-10(15)11(16)8-9/h4-5,8,12H,2-3,6-7H2,1H3. The van der Waals surface area contributed by atoms with Gasteiger partial charge in [-0.3, -0.25) is 0 Å². The van der Waals surface area contributed by atoms with Crippen molar-refractivity contribution in [1.29, 1.82) is 0 Å². The minimum absolute atomic E-state index is 0.358. The summed E-state index contributed by atoms with van der Waals surface area (Å²) in [7, 11) is 0. The molecule has 1 aromatic rings. The first-order valence-corrected chi connectivity index (χ1v) is 7.29. The van der Waals surface area contributed by atoms with Crippen LogP contribution >= 0.6 is 39.1 Å². The SMILES string of the molecule is CC1(C(Br)c2ccc(Cl)c(Cl)c2)CCCC1. The highest BCUT2D eigenvalue weighted by atomic mass is 79.9. The van der Waals surface area contributed by atoms with E-state index in [1.165, 1.54) is 31.2 Å². The van der Waals surface area contributed by atoms with Gasteiger partial charge in [0, 0.05) is 4.83 Å². The molecule has 0 aliphatic heterocycles. The number of benzene rings is 1. The maximum Gasteiger partial charge on any atom is 0.0595 e. The van der Waals surface area contributed by atoms with Crippen LogP contribution in [0.5, 0.6) is 0 Å². The van der Waals surface area contributed by atoms with Crippen molar-refractivity contribution in [2.75, 3.05) is 0 Å². The minimum atomic E-state index is 0.358. The van der Waals surface area contributed by atoms with Gasteiger partial charge in [0.1, 0.15) is 0 Å². The fourth-order valence-electron chi connectivity index (χ4n) is 2.51. The summed E-state index contributed by atoms with van der Waals surface area (Å²) >= 11 is 15.8. The zero-order valence-electron chi connectivity index (χ0n) is 9.27. The van der Waals surface area contributed by atoms with Crippen molar-refractivity contribution in [2.24, 2.45) is 5.41 Å². The molecule has 0 nitrogen and oxygen atoms in total. The Bertz CT molecular complexity index is 384. The van der Waals surface area contributed by atoms with E-state index in [4.69, 9.17) is 23.2 Å². The molecule has 0 heterocycles. The van der Waals surface area contributed by atoms with Gasteiger partial charge in [0.2, 0.25) is 0 Å². The van der Waals surface area contributed by atoms with Crippen molar-refractivity contribution >= 4 is 39.1 Å². The van der Waals surface area contributed by atoms with Crippen molar-refractivity contribution < 1.29 is 0 Å². The second kappa shape index (κ2) is 4.88. The zero-order chi connectivity index (χ0) is 11.8. The van der Waals surface area contributed by atoms with E-state index >= 15 is 0 Å². The molecule has 2 rings (SSSR count). The van der Waals surface area contributed by atoms with E-state index in [9.17, 15) is 0 Å². The van der Waals surface area contributed by atoms with E-state index in [0.717, 1.165) is 0 Å². The van der Waals surface area contributed by atoms with Gasteiger partial charge >= 0.3 is 0 Å². The third-order valence-corrected chi connectivity index (χ3v) is 5.97. The molecule has 16 heavy (non-hydrogen) atoms. The van der Waals surface area contributed by atoms with Crippen LogP contribution in [0.15, 0.2) is 18.2 Å². The molecular formula is C13H15BrCl2. The maximum absolute atomic E-state index is 6.06. The number of halogens is 3. The summed E-state index contributed by atoms with van der Waals surface area (Å²) in [5.41, 5.74) is 1.59. The first kappa shape index (κ1) is 12.7. The topological polar surface area (TPSA) is 0 Å². The van der Waals surface area contributed by atoms with Gasteiger partial charge in [-0.15, -0.1) is 0 Å². The molecule has 1 aliphatic rings. The van der Waals surface area contributed by atoms with Crippen LogP contribution in [0.1, 0.15) is 43.0 Å². The predicted molar refractivity (Wildman–Crippen MR) is 74.7 cm³/mol. The number of alkyl halides is 1. The summed E-state index contributed by atoms with van der Waals surface area (Å²) in [6.45, 7) is 2.35. The highest BCUT2D eigenvalue weighted by Gasteiger charge is 2.36. The second-order valence-electron chi connectivity index (χ2n) is 4.90. The summed E-state index contributed by atoms with van der Waals surface area (Å²) < 4.78 is 0. The number of rotatable bonds is 2. The molecule has 1 aliphatic carbocycles. The molecule has 0 bridgehead atoms. The summed E-state index contributed by atoms with van der Waals surface area (Å²) in [6.07, 6.45) is 5.23. The van der Waals surface area contributed by atoms with Gasteiger partial charge in [0.25, 0.3) is 0 Å². The zero-order valence-corrected chi connectivity index (χ0v) is 12.4. The molecule has 0 aromatic heterocycles. The Balaban J connectivity index is 2.26. The highest BCUT2D eigenvalue weighted by molar-refractivity contribution is 9.09. The van der Waals surface area contributed by atoms with Crippen LogP contribution in [0.25, 0.3) is 0 Å². The first-order chi connectivity index (χ1) is 7.53. The van der Waals surface area contributed by atoms with Crippen molar-refractivity contribution in [3.05, 3.63) is 33.8 Å². The number of hydrogen-bond acceptors (Lipinski definition) is 0. The van der Waals surface area contributed by atoms with E-state index in [1.54, 1.807) is 0 Å². The van der Waals surface area contributed by atoms with Crippen molar-refractivity contribution in [3.8, 4) is 0 Å². The normalized spacial score (nSPS) is 21.0. The molecule has 0 saturated heterocycles. The molecule has 0 N–H and O–H groups in total. The molecule has 0 spiro atoms. The van der Waals surface area contributed by atoms with Crippen molar-refractivity contribution in [1.82, 2.24) is 0 Å². The Morgan fingerprint density at radius 3 is 2.38 bits per heavy atom. The molecule has 1 fully saturated rings. The van der Waals surface area contributed by atoms with Crippen LogP contribution in [0.4, 0.5) is 0 Å². The van der Waals surface area contributed by atoms with Crippen LogP contribution in [0, 0.1) is 5.41 Å². The van der Waals surface area contributed by atoms with E-state index in [0.29, 0.717) is 20.3 Å². The van der Waals surface area contributed by atoms with Gasteiger partial charge in [-0.1, -0.05) is 65.0 Å². The molecule has 1 aromatic carbocycles. The highest BCUT2D eigenvalue weighted by Crippen LogP contribution is 2.51. The van der Waals surface area contributed by atoms with E-state index < -0.39 is 0 Å². The van der Waals surface area contributed by atoms with Gasteiger partial charge in [-0.25, -0.2) is 0 Å². The summed E-state index contributed by atoms with van der Waals surface area (Å²) in [6, 6.07) is 5.93. The Labute approximate surface area is 115 Å². The monoisotopic (exact) mass is 320 g/mol. The lowest BCUT2D eigenvalue weighted by Crippen LogP contribution is -2.17. The largest absolute Gasteiger partial charge is 0.0833 e. The van der Waals surface area contributed by atoms with Crippen LogP contribution in [-0.2, 0) is 0 Å². The van der Waals surface area contributed by atoms with E-state index in [1.807, 2.05) is 12.1 Å². The fourth-order valence-corrected chi connectivity index (χ4v) is 3.56. The maximum atomic E-state index is 6.06. The summed E-state index contributed by atoms with van der Waals surface area (Å²) in [5, 5.41) is 1.27. The Kier molecular flexibility index (Phi) is 3.88. The summed E-state index contributed by atoms with van der Waals surface area (Å²) in [5.74, 6) is 0. The summed E-state index contributed by atoms with van der Waals surface area (Å²) in [4.78, 5) is 0.372. The quantitative estimate of drug-likeness (QED) is 0.585. The van der Waals surface area contributed by atoms with Gasteiger partial charge < -0.3 is 0 Å². The van der Waals surface area contributed by atoms with Crippen molar-refractivity contribution in [2.45, 2.75) is 37.4 Å². The van der Waals surface area contributed by atoms with Gasteiger partial charge in [0.05, 0.1) is 10.0 Å². The molecule has 88 valence electrons. The molecular weight excluding hydrogens is 307 g/mol. The van der Waals surface area contributed by atoms with E-state index in [-0.39, 0.29) is 0 Å². The van der Waals surface area contributed by atoms with Crippen LogP contribution in [-0.4, -0.2) is 0 Å². The Morgan fingerprint density at radius 1 is 1.19 bits per heavy atom. The second-order valence-corrected chi connectivity index (χ2v) is 6.63. The smallest absolute Gasteiger partial charge is 0.0595 e. The fraction of sp³-hybridized carbons (Fsp3) is 0.538. The van der Waals surface area contributed by atoms with Crippen molar-refractivity contribution in [3.63, 3.8) is 0 Å². The van der Waals surface area contributed by atoms with E-state index in [2.05, 4.69) is 28.9 Å². The Morgan fingerprint density at radius 2 is 1.81 bits per heavy atom. The lowest BCUT2D eigenvalue weighted by molar-refractivity contribution is 0.331. The van der Waals surface area contributed by atoms with Gasteiger partial charge in [-0.2, -0.15) is 0 Å². The minimum Gasteiger partial charge on any atom is -0.0833 e. The third kappa shape index (κ3) is 2.42. The lowest BCUT2D eigenvalue weighted by Gasteiger charge is -2.30. The Hall–Kier alpha value is 0.280. The van der Waals surface area contributed by atoms with Gasteiger partial charge in [0.15, 0.2) is 0 Å². The molecule has 0 amide bonds. The van der Waals surface area contributed by atoms with Gasteiger partial charge in [-0.05, 0) is 36.0 Å². The average Bonchev–Trinajstić information content (AvgIpc) is 2.70. The molecule has 0 radical (unpaired) electrons. The third-order valence-electron chi connectivity index (χ3n) is 3.59. The molecule has 1 atom stereocenters. The molecule has 1 saturated carbocycles. The van der Waals surface area contributed by atoms with Crippen LogP contribution in [0.3, 0.4) is 0 Å². The first-order valence-electron chi connectivity index (χ1n) is 5.62. The predicted octanol–water partition coefficient (Wildman–Crippen LogP) is 6.01. The lowest BCUT2D eigenvalue weighted by atomic mass is 9.82. The average molecular weight is 322 g/mol. The molecule has 1 unspecified atom stereocenters. The van der Waals surface area contributed by atoms with Crippen LogP contribution in [0.2, 0.25) is 10.0 Å². The van der Waals surface area contributed by atoms with Crippen LogP contribution < -0.4 is 0 Å². The molecule has 3 heteroatoms.